The van der Waals surface area contributed by atoms with Crippen molar-refractivity contribution in [3.05, 3.63) is 53.1 Å². The first-order chi connectivity index (χ1) is 13.6. The SMILES string of the molecule is COCc1cccc(-c2cccc(OCCCN3CCC(O)CC3)c2C)c1C. The third-order valence-electron chi connectivity index (χ3n) is 5.75. The van der Waals surface area contributed by atoms with Gasteiger partial charge >= 0.3 is 0 Å². The van der Waals surface area contributed by atoms with Crippen LogP contribution in [0.15, 0.2) is 36.4 Å². The normalized spacial score (nSPS) is 15.7. The maximum Gasteiger partial charge on any atom is 0.122 e. The molecule has 0 unspecified atom stereocenters. The molecule has 0 spiro atoms. The van der Waals surface area contributed by atoms with Gasteiger partial charge in [0.25, 0.3) is 0 Å². The lowest BCUT2D eigenvalue weighted by molar-refractivity contribution is 0.0800. The van der Waals surface area contributed by atoms with Crippen LogP contribution in [0.3, 0.4) is 0 Å². The fourth-order valence-corrected chi connectivity index (χ4v) is 3.96. The van der Waals surface area contributed by atoms with E-state index in [0.717, 1.165) is 44.6 Å². The predicted molar refractivity (Wildman–Crippen MR) is 114 cm³/mol. The number of nitrogens with zero attached hydrogens (tertiary/aromatic N) is 1. The van der Waals surface area contributed by atoms with E-state index in [1.54, 1.807) is 7.11 Å². The van der Waals surface area contributed by atoms with E-state index in [1.165, 1.54) is 27.8 Å². The summed E-state index contributed by atoms with van der Waals surface area (Å²) in [5.41, 5.74) is 6.12. The Morgan fingerprint density at radius 1 is 1.00 bits per heavy atom. The highest BCUT2D eigenvalue weighted by Gasteiger charge is 2.16. The third-order valence-corrected chi connectivity index (χ3v) is 5.75. The minimum Gasteiger partial charge on any atom is -0.493 e. The van der Waals surface area contributed by atoms with E-state index in [4.69, 9.17) is 9.47 Å². The van der Waals surface area contributed by atoms with Crippen molar-refractivity contribution in [1.82, 2.24) is 4.90 Å². The summed E-state index contributed by atoms with van der Waals surface area (Å²) in [6.45, 7) is 8.66. The fraction of sp³-hybridized carbons (Fsp3) is 0.500. The summed E-state index contributed by atoms with van der Waals surface area (Å²) in [4.78, 5) is 2.42. The highest BCUT2D eigenvalue weighted by atomic mass is 16.5. The quantitative estimate of drug-likeness (QED) is 0.689. The molecule has 0 saturated carbocycles. The highest BCUT2D eigenvalue weighted by Crippen LogP contribution is 2.33. The first kappa shape index (κ1) is 20.8. The molecule has 0 bridgehead atoms. The van der Waals surface area contributed by atoms with Gasteiger partial charge in [0.15, 0.2) is 0 Å². The summed E-state index contributed by atoms with van der Waals surface area (Å²) in [5.74, 6) is 0.961. The molecule has 0 atom stereocenters. The molecule has 0 aromatic heterocycles. The fourth-order valence-electron chi connectivity index (χ4n) is 3.96. The van der Waals surface area contributed by atoms with Gasteiger partial charge in [-0.3, -0.25) is 0 Å². The Kier molecular flexibility index (Phi) is 7.49. The molecule has 1 saturated heterocycles. The van der Waals surface area contributed by atoms with Gasteiger partial charge < -0.3 is 19.5 Å². The molecule has 1 N–H and O–H groups in total. The summed E-state index contributed by atoms with van der Waals surface area (Å²) >= 11 is 0. The zero-order valence-corrected chi connectivity index (χ0v) is 17.4. The Morgan fingerprint density at radius 3 is 2.39 bits per heavy atom. The maximum atomic E-state index is 9.61. The lowest BCUT2D eigenvalue weighted by Gasteiger charge is -2.29. The molecule has 0 amide bonds. The van der Waals surface area contributed by atoms with Crippen LogP contribution in [0.25, 0.3) is 11.1 Å². The lowest BCUT2D eigenvalue weighted by Crippen LogP contribution is -2.36. The number of methoxy groups -OCH3 is 1. The van der Waals surface area contributed by atoms with Crippen LogP contribution >= 0.6 is 0 Å². The van der Waals surface area contributed by atoms with Crippen LogP contribution < -0.4 is 4.74 Å². The van der Waals surface area contributed by atoms with Gasteiger partial charge in [0.2, 0.25) is 0 Å². The number of hydrogen-bond acceptors (Lipinski definition) is 4. The first-order valence-electron chi connectivity index (χ1n) is 10.3. The zero-order chi connectivity index (χ0) is 19.9. The van der Waals surface area contributed by atoms with Crippen molar-refractivity contribution < 1.29 is 14.6 Å². The Morgan fingerprint density at radius 2 is 1.68 bits per heavy atom. The van der Waals surface area contributed by atoms with Crippen molar-refractivity contribution in [1.29, 1.82) is 0 Å². The van der Waals surface area contributed by atoms with Gasteiger partial charge in [-0.25, -0.2) is 0 Å². The number of hydrogen-bond donors (Lipinski definition) is 1. The van der Waals surface area contributed by atoms with E-state index < -0.39 is 0 Å². The van der Waals surface area contributed by atoms with E-state index in [-0.39, 0.29) is 6.10 Å². The first-order valence-corrected chi connectivity index (χ1v) is 10.3. The third kappa shape index (κ3) is 5.13. The Labute approximate surface area is 169 Å². The van der Waals surface area contributed by atoms with Crippen molar-refractivity contribution in [2.75, 3.05) is 33.4 Å². The van der Waals surface area contributed by atoms with E-state index >= 15 is 0 Å². The molecule has 1 aliphatic rings. The molecule has 0 aliphatic carbocycles. The average molecular weight is 384 g/mol. The predicted octanol–water partition coefficient (Wildman–Crippen LogP) is 4.34. The second kappa shape index (κ2) is 10.1. The van der Waals surface area contributed by atoms with Gasteiger partial charge in [0, 0.05) is 26.7 Å². The van der Waals surface area contributed by atoms with E-state index in [1.807, 2.05) is 0 Å². The zero-order valence-electron chi connectivity index (χ0n) is 17.4. The largest absolute Gasteiger partial charge is 0.493 e. The summed E-state index contributed by atoms with van der Waals surface area (Å²) in [7, 11) is 1.73. The maximum absolute atomic E-state index is 9.61. The second-order valence-corrected chi connectivity index (χ2v) is 7.73. The molecular weight excluding hydrogens is 350 g/mol. The average Bonchev–Trinajstić information content (AvgIpc) is 2.70. The van der Waals surface area contributed by atoms with Gasteiger partial charge in [-0.05, 0) is 67.0 Å². The van der Waals surface area contributed by atoms with Gasteiger partial charge in [-0.2, -0.15) is 0 Å². The number of aliphatic hydroxyl groups is 1. The van der Waals surface area contributed by atoms with Crippen molar-refractivity contribution in [3.63, 3.8) is 0 Å². The number of rotatable bonds is 8. The standard InChI is InChI=1S/C24H33NO3/c1-18-20(17-27-3)7-4-8-22(18)23-9-5-10-24(19(23)2)28-16-6-13-25-14-11-21(26)12-15-25/h4-5,7-10,21,26H,6,11-17H2,1-3H3. The number of piperidine rings is 1. The van der Waals surface area contributed by atoms with E-state index in [0.29, 0.717) is 13.2 Å². The number of aliphatic hydroxyl groups excluding tert-OH is 1. The molecule has 2 aromatic carbocycles. The van der Waals surface area contributed by atoms with Crippen LogP contribution in [0.5, 0.6) is 5.75 Å². The molecule has 2 aromatic rings. The molecule has 152 valence electrons. The molecule has 4 nitrogen and oxygen atoms in total. The van der Waals surface area contributed by atoms with Gasteiger partial charge in [-0.15, -0.1) is 0 Å². The molecule has 1 heterocycles. The highest BCUT2D eigenvalue weighted by molar-refractivity contribution is 5.73. The topological polar surface area (TPSA) is 41.9 Å². The van der Waals surface area contributed by atoms with E-state index in [9.17, 15) is 5.11 Å². The molecule has 28 heavy (non-hydrogen) atoms. The van der Waals surface area contributed by atoms with E-state index in [2.05, 4.69) is 55.1 Å². The molecule has 1 aliphatic heterocycles. The molecular formula is C24H33NO3. The Balaban J connectivity index is 1.63. The van der Waals surface area contributed by atoms with Crippen molar-refractivity contribution in [2.24, 2.45) is 0 Å². The van der Waals surface area contributed by atoms with Crippen LogP contribution in [0.4, 0.5) is 0 Å². The van der Waals surface area contributed by atoms with Gasteiger partial charge in [0.05, 0.1) is 19.3 Å². The van der Waals surface area contributed by atoms with Crippen LogP contribution in [0.2, 0.25) is 0 Å². The molecule has 1 fully saturated rings. The summed E-state index contributed by atoms with van der Waals surface area (Å²) in [5, 5.41) is 9.61. The molecule has 3 rings (SSSR count). The van der Waals surface area contributed by atoms with Crippen molar-refractivity contribution >= 4 is 0 Å². The minimum absolute atomic E-state index is 0.108. The number of ether oxygens (including phenoxy) is 2. The second-order valence-electron chi connectivity index (χ2n) is 7.73. The van der Waals surface area contributed by atoms with Crippen LogP contribution in [-0.2, 0) is 11.3 Å². The Bertz CT molecular complexity index is 766. The number of likely N-dealkylation sites (tertiary alicyclic amines) is 1. The summed E-state index contributed by atoms with van der Waals surface area (Å²) in [6, 6.07) is 12.7. The van der Waals surface area contributed by atoms with Gasteiger partial charge in [-0.1, -0.05) is 30.3 Å². The minimum atomic E-state index is -0.108. The monoisotopic (exact) mass is 383 g/mol. The smallest absolute Gasteiger partial charge is 0.122 e. The van der Waals surface area contributed by atoms with Crippen LogP contribution in [-0.4, -0.2) is 49.5 Å². The molecule has 0 radical (unpaired) electrons. The van der Waals surface area contributed by atoms with Crippen molar-refractivity contribution in [3.8, 4) is 16.9 Å². The molecule has 4 heteroatoms. The summed E-state index contributed by atoms with van der Waals surface area (Å²) in [6.07, 6.45) is 2.68. The van der Waals surface area contributed by atoms with Crippen molar-refractivity contribution in [2.45, 2.75) is 45.8 Å². The van der Waals surface area contributed by atoms with Crippen LogP contribution in [0, 0.1) is 13.8 Å². The lowest BCUT2D eigenvalue weighted by atomic mass is 9.93. The summed E-state index contributed by atoms with van der Waals surface area (Å²) < 4.78 is 11.5. The van der Waals surface area contributed by atoms with Gasteiger partial charge in [0.1, 0.15) is 5.75 Å². The van der Waals surface area contributed by atoms with Crippen LogP contribution in [0.1, 0.15) is 36.0 Å². The number of benzene rings is 2. The Hall–Kier alpha value is -1.88.